The van der Waals surface area contributed by atoms with Crippen LogP contribution in [0, 0.1) is 13.8 Å². The van der Waals surface area contributed by atoms with Gasteiger partial charge in [0.2, 0.25) is 5.91 Å². The van der Waals surface area contributed by atoms with Crippen LogP contribution in [0.4, 0.5) is 11.4 Å². The molecule has 214 valence electrons. The summed E-state index contributed by atoms with van der Waals surface area (Å²) in [6.45, 7) is 20.5. The molecule has 3 aromatic rings. The number of carbonyl (C=O) groups excluding carboxylic acids is 1. The van der Waals surface area contributed by atoms with E-state index in [0.29, 0.717) is 12.6 Å². The summed E-state index contributed by atoms with van der Waals surface area (Å²) in [5.41, 5.74) is 5.24. The van der Waals surface area contributed by atoms with Crippen LogP contribution in [0.1, 0.15) is 58.6 Å². The molecule has 2 N–H and O–H groups in total. The van der Waals surface area contributed by atoms with Crippen LogP contribution in [-0.2, 0) is 4.79 Å². The van der Waals surface area contributed by atoms with E-state index in [-0.39, 0.29) is 5.91 Å². The number of hydrogen-bond donors (Lipinski definition) is 2. The van der Waals surface area contributed by atoms with E-state index in [2.05, 4.69) is 60.0 Å². The molecule has 3 rings (SSSR count). The Bertz CT molecular complexity index is 1140. The lowest BCUT2D eigenvalue weighted by atomic mass is 10.1. The molecule has 0 aliphatic rings. The van der Waals surface area contributed by atoms with Crippen LogP contribution < -0.4 is 10.6 Å². The average Bonchev–Trinajstić information content (AvgIpc) is 2.92. The molecule has 2 aromatic carbocycles. The molecule has 39 heavy (non-hydrogen) atoms. The van der Waals surface area contributed by atoms with Crippen molar-refractivity contribution in [1.29, 1.82) is 0 Å². The molecule has 0 fully saturated rings. The van der Waals surface area contributed by atoms with Gasteiger partial charge in [0.15, 0.2) is 0 Å². The normalized spacial score (nSPS) is 11.8. The predicted octanol–water partition coefficient (Wildman–Crippen LogP) is 7.39. The van der Waals surface area contributed by atoms with Crippen molar-refractivity contribution in [3.05, 3.63) is 64.8 Å². The van der Waals surface area contributed by atoms with Gasteiger partial charge in [0.1, 0.15) is 0 Å². The molecule has 1 amide bonds. The molecule has 0 aliphatic carbocycles. The van der Waals surface area contributed by atoms with Gasteiger partial charge in [-0.1, -0.05) is 57.5 Å². The van der Waals surface area contributed by atoms with Crippen LogP contribution in [0.5, 0.6) is 0 Å². The van der Waals surface area contributed by atoms with Gasteiger partial charge in [0.05, 0.1) is 12.1 Å². The maximum Gasteiger partial charge on any atom is 0.238 e. The number of amides is 1. The number of fused-ring (bicyclic) bond motifs is 1. The number of carbonyl (C=O) groups is 1. The Morgan fingerprint density at radius 3 is 2.21 bits per heavy atom. The Balaban J connectivity index is 0.000000283. The topological polar surface area (TPSA) is 60.5 Å². The molecule has 0 saturated carbocycles. The Kier molecular flexibility index (Phi) is 14.3. The number of anilines is 2. The SMILES string of the molecule is CCN(CC)CC(=O)Nc1c(C)cccc1C.CCN(CC)CCCC(C)Nc1ccnc2cc(Cl)ccc12. The standard InChI is InChI=1S/C18H26ClN3.C14H22N2O/c1-4-22(5-2)12-6-7-14(3)21-17-10-11-20-18-13-15(19)8-9-16(17)18;1-5-16(6-2)10-13(17)15-14-11(3)8-7-9-12(14)4/h8-11,13-14H,4-7,12H2,1-3H3,(H,20,21);7-9H,5-6,10H2,1-4H3,(H,15,17). The molecule has 0 radical (unpaired) electrons. The van der Waals surface area contributed by atoms with Gasteiger partial charge in [-0.2, -0.15) is 0 Å². The molecule has 1 unspecified atom stereocenters. The first kappa shape index (κ1) is 32.5. The van der Waals surface area contributed by atoms with Gasteiger partial charge >= 0.3 is 0 Å². The van der Waals surface area contributed by atoms with Gasteiger partial charge in [-0.25, -0.2) is 0 Å². The van der Waals surface area contributed by atoms with Crippen LogP contribution in [0.15, 0.2) is 48.7 Å². The van der Waals surface area contributed by atoms with Gasteiger partial charge in [-0.05, 0) is 102 Å². The van der Waals surface area contributed by atoms with Gasteiger partial charge in [0, 0.05) is 34.0 Å². The summed E-state index contributed by atoms with van der Waals surface area (Å²) in [4.78, 5) is 20.8. The van der Waals surface area contributed by atoms with E-state index in [1.54, 1.807) is 0 Å². The van der Waals surface area contributed by atoms with Gasteiger partial charge in [-0.15, -0.1) is 0 Å². The molecule has 7 heteroatoms. The zero-order chi connectivity index (χ0) is 28.8. The predicted molar refractivity (Wildman–Crippen MR) is 169 cm³/mol. The summed E-state index contributed by atoms with van der Waals surface area (Å²) in [5.74, 6) is 0.0612. The van der Waals surface area contributed by atoms with Crippen LogP contribution in [0.2, 0.25) is 5.02 Å². The second-order valence-electron chi connectivity index (χ2n) is 10.0. The van der Waals surface area contributed by atoms with Crippen LogP contribution in [0.25, 0.3) is 10.9 Å². The number of rotatable bonds is 13. The molecule has 1 aromatic heterocycles. The Hall–Kier alpha value is -2.67. The van der Waals surface area contributed by atoms with E-state index in [9.17, 15) is 4.79 Å². The van der Waals surface area contributed by atoms with Gasteiger partial charge in [0.25, 0.3) is 0 Å². The highest BCUT2D eigenvalue weighted by Gasteiger charge is 2.10. The number of hydrogen-bond acceptors (Lipinski definition) is 5. The number of para-hydroxylation sites is 1. The number of aromatic nitrogens is 1. The minimum absolute atomic E-state index is 0.0612. The van der Waals surface area contributed by atoms with Crippen molar-refractivity contribution in [1.82, 2.24) is 14.8 Å². The monoisotopic (exact) mass is 553 g/mol. The summed E-state index contributed by atoms with van der Waals surface area (Å²) in [5, 5.41) is 8.46. The lowest BCUT2D eigenvalue weighted by Gasteiger charge is -2.20. The molecule has 0 spiro atoms. The van der Waals surface area contributed by atoms with E-state index in [1.165, 1.54) is 13.0 Å². The number of nitrogens with zero attached hydrogens (tertiary/aromatic N) is 3. The van der Waals surface area contributed by atoms with Crippen molar-refractivity contribution in [2.45, 2.75) is 67.3 Å². The highest BCUT2D eigenvalue weighted by Crippen LogP contribution is 2.25. The van der Waals surface area contributed by atoms with Crippen LogP contribution >= 0.6 is 11.6 Å². The zero-order valence-corrected chi connectivity index (χ0v) is 25.7. The first-order chi connectivity index (χ1) is 18.7. The van der Waals surface area contributed by atoms with Gasteiger partial charge in [-0.3, -0.25) is 14.7 Å². The van der Waals surface area contributed by atoms with E-state index in [1.807, 2.05) is 62.5 Å². The van der Waals surface area contributed by atoms with Crippen molar-refractivity contribution >= 4 is 39.8 Å². The summed E-state index contributed by atoms with van der Waals surface area (Å²) in [6.07, 6.45) is 4.21. The molecule has 1 atom stereocenters. The molecule has 0 saturated heterocycles. The third kappa shape index (κ3) is 10.8. The molecule has 6 nitrogen and oxygen atoms in total. The number of likely N-dealkylation sites (N-methyl/N-ethyl adjacent to an activating group) is 1. The van der Waals surface area contributed by atoms with Crippen LogP contribution in [0.3, 0.4) is 0 Å². The summed E-state index contributed by atoms with van der Waals surface area (Å²) in [7, 11) is 0. The highest BCUT2D eigenvalue weighted by molar-refractivity contribution is 6.31. The third-order valence-corrected chi connectivity index (χ3v) is 7.35. The Morgan fingerprint density at radius 2 is 1.59 bits per heavy atom. The quantitative estimate of drug-likeness (QED) is 0.231. The summed E-state index contributed by atoms with van der Waals surface area (Å²) in [6, 6.07) is 14.4. The second-order valence-corrected chi connectivity index (χ2v) is 10.4. The number of benzene rings is 2. The first-order valence-electron chi connectivity index (χ1n) is 14.3. The lowest BCUT2D eigenvalue weighted by Crippen LogP contribution is -2.33. The molecule has 1 heterocycles. The fourth-order valence-corrected chi connectivity index (χ4v) is 4.75. The van der Waals surface area contributed by atoms with E-state index in [0.717, 1.165) is 71.0 Å². The van der Waals surface area contributed by atoms with Crippen molar-refractivity contribution in [3.8, 4) is 0 Å². The second kappa shape index (κ2) is 17.1. The number of pyridine rings is 1. The van der Waals surface area contributed by atoms with Crippen molar-refractivity contribution in [2.75, 3.05) is 49.9 Å². The van der Waals surface area contributed by atoms with Gasteiger partial charge < -0.3 is 15.5 Å². The average molecular weight is 554 g/mol. The minimum Gasteiger partial charge on any atom is -0.382 e. The highest BCUT2D eigenvalue weighted by atomic mass is 35.5. The lowest BCUT2D eigenvalue weighted by molar-refractivity contribution is -0.117. The Morgan fingerprint density at radius 1 is 0.949 bits per heavy atom. The molecular formula is C32H48ClN5O. The number of nitrogens with one attached hydrogen (secondary N) is 2. The third-order valence-electron chi connectivity index (χ3n) is 7.12. The number of aryl methyl sites for hydroxylation is 2. The fraction of sp³-hybridized carbons (Fsp3) is 0.500. The summed E-state index contributed by atoms with van der Waals surface area (Å²) >= 11 is 6.04. The van der Waals surface area contributed by atoms with Crippen LogP contribution in [-0.4, -0.2) is 66.0 Å². The smallest absolute Gasteiger partial charge is 0.238 e. The zero-order valence-electron chi connectivity index (χ0n) is 25.0. The maximum absolute atomic E-state index is 11.9. The molecular weight excluding hydrogens is 506 g/mol. The maximum atomic E-state index is 11.9. The number of halogens is 1. The van der Waals surface area contributed by atoms with Crippen molar-refractivity contribution in [3.63, 3.8) is 0 Å². The van der Waals surface area contributed by atoms with Crippen molar-refractivity contribution < 1.29 is 4.79 Å². The Labute approximate surface area is 241 Å². The van der Waals surface area contributed by atoms with E-state index < -0.39 is 0 Å². The molecule has 0 aliphatic heterocycles. The van der Waals surface area contributed by atoms with E-state index in [4.69, 9.17) is 11.6 Å². The van der Waals surface area contributed by atoms with E-state index >= 15 is 0 Å². The molecule has 0 bridgehead atoms. The minimum atomic E-state index is 0.0612. The first-order valence-corrected chi connectivity index (χ1v) is 14.7. The largest absolute Gasteiger partial charge is 0.382 e. The fourth-order valence-electron chi connectivity index (χ4n) is 4.59. The summed E-state index contributed by atoms with van der Waals surface area (Å²) < 4.78 is 0. The van der Waals surface area contributed by atoms with Crippen molar-refractivity contribution in [2.24, 2.45) is 0 Å².